The van der Waals surface area contributed by atoms with E-state index >= 15 is 0 Å². The fraction of sp³-hybridized carbons (Fsp3) is 0.600. The van der Waals surface area contributed by atoms with Crippen molar-refractivity contribution in [2.75, 3.05) is 20.1 Å². The van der Waals surface area contributed by atoms with Crippen LogP contribution in [0.1, 0.15) is 35.9 Å². The predicted octanol–water partition coefficient (Wildman–Crippen LogP) is 0.908. The second-order valence-corrected chi connectivity index (χ2v) is 6.09. The predicted molar refractivity (Wildman–Crippen MR) is 79.0 cm³/mol. The lowest BCUT2D eigenvalue weighted by Crippen LogP contribution is -2.53. The van der Waals surface area contributed by atoms with Crippen molar-refractivity contribution in [3.05, 3.63) is 33.7 Å². The number of rotatable bonds is 2. The van der Waals surface area contributed by atoms with E-state index in [9.17, 15) is 9.59 Å². The van der Waals surface area contributed by atoms with Gasteiger partial charge in [0, 0.05) is 43.5 Å². The van der Waals surface area contributed by atoms with Crippen LogP contribution in [0.25, 0.3) is 0 Å². The average Bonchev–Trinajstić information content (AvgIpc) is 2.37. The first kappa shape index (κ1) is 14.8. The molecule has 2 heterocycles. The fourth-order valence-corrected chi connectivity index (χ4v) is 2.56. The Kier molecular flexibility index (Phi) is 3.99. The van der Waals surface area contributed by atoms with Gasteiger partial charge in [-0.2, -0.15) is 0 Å². The summed E-state index contributed by atoms with van der Waals surface area (Å²) in [6.45, 7) is 5.86. The molecule has 1 aromatic rings. The highest BCUT2D eigenvalue weighted by atomic mass is 16.2. The molecule has 1 saturated heterocycles. The van der Waals surface area contributed by atoms with Crippen molar-refractivity contribution < 1.29 is 4.79 Å². The van der Waals surface area contributed by atoms with Gasteiger partial charge in [0.05, 0.1) is 0 Å². The first-order valence-electron chi connectivity index (χ1n) is 6.99. The third kappa shape index (κ3) is 3.10. The molecule has 0 radical (unpaired) electrons. The number of pyridine rings is 1. The molecule has 2 rings (SSSR count). The zero-order valence-corrected chi connectivity index (χ0v) is 12.7. The van der Waals surface area contributed by atoms with E-state index in [1.807, 2.05) is 6.92 Å². The molecular weight excluding hydrogens is 254 g/mol. The van der Waals surface area contributed by atoms with Crippen molar-refractivity contribution >= 4 is 5.91 Å². The lowest BCUT2D eigenvalue weighted by molar-refractivity contribution is 0.0842. The van der Waals surface area contributed by atoms with Gasteiger partial charge in [0.25, 0.3) is 5.91 Å². The molecule has 5 nitrogen and oxygen atoms in total. The Labute approximate surface area is 119 Å². The summed E-state index contributed by atoms with van der Waals surface area (Å²) in [4.78, 5) is 26.3. The van der Waals surface area contributed by atoms with E-state index in [0.29, 0.717) is 5.69 Å². The van der Waals surface area contributed by atoms with E-state index in [0.717, 1.165) is 31.6 Å². The lowest BCUT2D eigenvalue weighted by atomic mass is 9.89. The SMILES string of the molecule is Cc1cc(=O)cc(C(=O)NC2(C)CCN(C)CC2)n1C. The molecule has 1 amide bonds. The quantitative estimate of drug-likeness (QED) is 0.874. The van der Waals surface area contributed by atoms with Gasteiger partial charge < -0.3 is 14.8 Å². The minimum atomic E-state index is -0.191. The largest absolute Gasteiger partial charge is 0.346 e. The second kappa shape index (κ2) is 5.40. The molecule has 0 saturated carbocycles. The van der Waals surface area contributed by atoms with E-state index in [4.69, 9.17) is 0 Å². The summed E-state index contributed by atoms with van der Waals surface area (Å²) in [5.74, 6) is -0.166. The van der Waals surface area contributed by atoms with Crippen LogP contribution < -0.4 is 10.7 Å². The van der Waals surface area contributed by atoms with Crippen LogP contribution in [0.4, 0.5) is 0 Å². The van der Waals surface area contributed by atoms with Crippen molar-refractivity contribution in [1.29, 1.82) is 0 Å². The molecule has 110 valence electrons. The van der Waals surface area contributed by atoms with E-state index in [1.165, 1.54) is 12.1 Å². The molecular formula is C15H23N3O2. The van der Waals surface area contributed by atoms with Crippen molar-refractivity contribution in [3.8, 4) is 0 Å². The molecule has 1 fully saturated rings. The number of carbonyl (C=O) groups excluding carboxylic acids is 1. The number of likely N-dealkylation sites (tertiary alicyclic amines) is 1. The molecule has 0 spiro atoms. The normalized spacial score (nSPS) is 18.8. The molecule has 1 aliphatic rings. The molecule has 5 heteroatoms. The number of nitrogens with zero attached hydrogens (tertiary/aromatic N) is 2. The first-order valence-corrected chi connectivity index (χ1v) is 6.99. The first-order chi connectivity index (χ1) is 9.31. The maximum absolute atomic E-state index is 12.4. The Bertz CT molecular complexity index is 569. The summed E-state index contributed by atoms with van der Waals surface area (Å²) in [6, 6.07) is 2.94. The van der Waals surface area contributed by atoms with Crippen LogP contribution in [0.15, 0.2) is 16.9 Å². The second-order valence-electron chi connectivity index (χ2n) is 6.09. The van der Waals surface area contributed by atoms with Gasteiger partial charge in [-0.15, -0.1) is 0 Å². The molecule has 1 N–H and O–H groups in total. The van der Waals surface area contributed by atoms with Crippen LogP contribution in [-0.2, 0) is 7.05 Å². The van der Waals surface area contributed by atoms with Crippen LogP contribution >= 0.6 is 0 Å². The Hall–Kier alpha value is -1.62. The number of carbonyl (C=O) groups is 1. The summed E-state index contributed by atoms with van der Waals surface area (Å²) in [5.41, 5.74) is 0.897. The molecule has 0 bridgehead atoms. The number of piperidine rings is 1. The average molecular weight is 277 g/mol. The zero-order chi connectivity index (χ0) is 14.9. The third-order valence-corrected chi connectivity index (χ3v) is 4.26. The zero-order valence-electron chi connectivity index (χ0n) is 12.7. The van der Waals surface area contributed by atoms with Crippen LogP contribution in [0.5, 0.6) is 0 Å². The van der Waals surface area contributed by atoms with Gasteiger partial charge in [-0.05, 0) is 33.7 Å². The summed E-state index contributed by atoms with van der Waals surface area (Å²) in [5, 5.41) is 3.10. The van der Waals surface area contributed by atoms with Gasteiger partial charge in [0.1, 0.15) is 5.69 Å². The standard InChI is InChI=1S/C15H23N3O2/c1-11-9-12(19)10-13(18(11)4)14(20)16-15(2)5-7-17(3)8-6-15/h9-10H,5-8H2,1-4H3,(H,16,20). The van der Waals surface area contributed by atoms with Gasteiger partial charge in [-0.1, -0.05) is 0 Å². The minimum Gasteiger partial charge on any atom is -0.346 e. The van der Waals surface area contributed by atoms with Crippen molar-refractivity contribution in [3.63, 3.8) is 0 Å². The Morgan fingerprint density at radius 1 is 1.25 bits per heavy atom. The topological polar surface area (TPSA) is 54.3 Å². The summed E-state index contributed by atoms with van der Waals surface area (Å²) in [6.07, 6.45) is 1.85. The summed E-state index contributed by atoms with van der Waals surface area (Å²) in [7, 11) is 3.90. The molecule has 20 heavy (non-hydrogen) atoms. The maximum Gasteiger partial charge on any atom is 0.268 e. The number of amides is 1. The van der Waals surface area contributed by atoms with E-state index < -0.39 is 0 Å². The van der Waals surface area contributed by atoms with E-state index in [2.05, 4.69) is 24.2 Å². The highest BCUT2D eigenvalue weighted by Gasteiger charge is 2.31. The number of hydrogen-bond donors (Lipinski definition) is 1. The van der Waals surface area contributed by atoms with Gasteiger partial charge >= 0.3 is 0 Å². The van der Waals surface area contributed by atoms with Crippen LogP contribution in [-0.4, -0.2) is 41.1 Å². The van der Waals surface area contributed by atoms with Gasteiger partial charge in [-0.3, -0.25) is 9.59 Å². The number of aryl methyl sites for hydroxylation is 1. The molecule has 0 unspecified atom stereocenters. The fourth-order valence-electron chi connectivity index (χ4n) is 2.56. The Morgan fingerprint density at radius 2 is 1.85 bits per heavy atom. The van der Waals surface area contributed by atoms with Crippen LogP contribution in [0.2, 0.25) is 0 Å². The Morgan fingerprint density at radius 3 is 2.45 bits per heavy atom. The highest BCUT2D eigenvalue weighted by Crippen LogP contribution is 2.21. The van der Waals surface area contributed by atoms with Gasteiger partial charge in [0.15, 0.2) is 5.43 Å². The molecule has 1 aliphatic heterocycles. The lowest BCUT2D eigenvalue weighted by Gasteiger charge is -2.38. The van der Waals surface area contributed by atoms with Crippen LogP contribution in [0, 0.1) is 6.92 Å². The summed E-state index contributed by atoms with van der Waals surface area (Å²) >= 11 is 0. The molecule has 1 aromatic heterocycles. The van der Waals surface area contributed by atoms with E-state index in [1.54, 1.807) is 11.6 Å². The molecule has 0 aromatic carbocycles. The van der Waals surface area contributed by atoms with Crippen molar-refractivity contribution in [2.24, 2.45) is 7.05 Å². The number of aromatic nitrogens is 1. The monoisotopic (exact) mass is 277 g/mol. The molecule has 0 aliphatic carbocycles. The van der Waals surface area contributed by atoms with E-state index in [-0.39, 0.29) is 16.9 Å². The highest BCUT2D eigenvalue weighted by molar-refractivity contribution is 5.93. The Balaban J connectivity index is 2.19. The third-order valence-electron chi connectivity index (χ3n) is 4.26. The van der Waals surface area contributed by atoms with Gasteiger partial charge in [-0.25, -0.2) is 0 Å². The van der Waals surface area contributed by atoms with Gasteiger partial charge in [0.2, 0.25) is 0 Å². The smallest absolute Gasteiger partial charge is 0.268 e. The summed E-state index contributed by atoms with van der Waals surface area (Å²) < 4.78 is 1.76. The maximum atomic E-state index is 12.4. The van der Waals surface area contributed by atoms with Crippen LogP contribution in [0.3, 0.4) is 0 Å². The minimum absolute atomic E-state index is 0.126. The number of hydrogen-bond acceptors (Lipinski definition) is 3. The molecule has 0 atom stereocenters. The van der Waals surface area contributed by atoms with Crippen molar-refractivity contribution in [1.82, 2.24) is 14.8 Å². The number of nitrogens with one attached hydrogen (secondary N) is 1. The van der Waals surface area contributed by atoms with Crippen molar-refractivity contribution in [2.45, 2.75) is 32.2 Å².